The van der Waals surface area contributed by atoms with E-state index in [-0.39, 0.29) is 18.6 Å². The van der Waals surface area contributed by atoms with Crippen LogP contribution in [0.5, 0.6) is 0 Å². The summed E-state index contributed by atoms with van der Waals surface area (Å²) in [6, 6.07) is 12.3. The molecule has 1 amide bonds. The number of aromatic nitrogens is 3. The second-order valence-electron chi connectivity index (χ2n) is 7.20. The van der Waals surface area contributed by atoms with Gasteiger partial charge in [0, 0.05) is 26.3 Å². The zero-order valence-electron chi connectivity index (χ0n) is 15.1. The highest BCUT2D eigenvalue weighted by molar-refractivity contribution is 5.89. The lowest BCUT2D eigenvalue weighted by molar-refractivity contribution is -0.173. The molecular formula is C20H21N5O2. The normalized spacial score (nSPS) is 25.7. The third kappa shape index (κ3) is 2.35. The number of morpholine rings is 1. The average molecular weight is 363 g/mol. The molecule has 2 fully saturated rings. The number of pyridine rings is 1. The number of nitrogens with one attached hydrogen (secondary N) is 1. The van der Waals surface area contributed by atoms with Crippen LogP contribution in [0.1, 0.15) is 12.0 Å². The largest absolute Gasteiger partial charge is 0.368 e. The smallest absolute Gasteiger partial charge is 0.249 e. The number of benzene rings is 1. The minimum atomic E-state index is -0.435. The Morgan fingerprint density at radius 1 is 1.26 bits per heavy atom. The minimum Gasteiger partial charge on any atom is -0.368 e. The maximum Gasteiger partial charge on any atom is 0.249 e. The number of rotatable bonds is 2. The summed E-state index contributed by atoms with van der Waals surface area (Å²) in [5.41, 5.74) is 2.58. The van der Waals surface area contributed by atoms with E-state index in [0.29, 0.717) is 6.54 Å². The van der Waals surface area contributed by atoms with Gasteiger partial charge in [-0.05, 0) is 18.1 Å². The first-order valence-electron chi connectivity index (χ1n) is 9.17. The van der Waals surface area contributed by atoms with Crippen molar-refractivity contribution in [1.29, 1.82) is 0 Å². The molecule has 2 atom stereocenters. The second kappa shape index (κ2) is 6.06. The van der Waals surface area contributed by atoms with Crippen molar-refractivity contribution < 1.29 is 9.53 Å². The predicted molar refractivity (Wildman–Crippen MR) is 101 cm³/mol. The van der Waals surface area contributed by atoms with E-state index in [1.807, 2.05) is 42.4 Å². The van der Waals surface area contributed by atoms with Gasteiger partial charge in [-0.2, -0.15) is 5.10 Å². The third-order valence-corrected chi connectivity index (χ3v) is 6.01. The fourth-order valence-corrected chi connectivity index (χ4v) is 4.56. The van der Waals surface area contributed by atoms with Crippen molar-refractivity contribution in [2.45, 2.75) is 18.1 Å². The number of aromatic amines is 1. The van der Waals surface area contributed by atoms with Crippen molar-refractivity contribution >= 4 is 22.6 Å². The van der Waals surface area contributed by atoms with Crippen LogP contribution in [0.25, 0.3) is 11.0 Å². The Hall–Kier alpha value is -2.93. The first-order chi connectivity index (χ1) is 13.2. The van der Waals surface area contributed by atoms with Crippen LogP contribution in [-0.4, -0.2) is 58.8 Å². The Bertz CT molecular complexity index is 988. The number of piperidine rings is 1. The zero-order chi connectivity index (χ0) is 18.4. The van der Waals surface area contributed by atoms with Crippen molar-refractivity contribution in [2.24, 2.45) is 0 Å². The first-order valence-corrected chi connectivity index (χ1v) is 9.17. The Morgan fingerprint density at radius 2 is 2.11 bits per heavy atom. The number of nitrogens with zero attached hydrogens (tertiary/aromatic N) is 4. The zero-order valence-corrected chi connectivity index (χ0v) is 15.1. The van der Waals surface area contributed by atoms with Gasteiger partial charge in [-0.15, -0.1) is 0 Å². The fourth-order valence-electron chi connectivity index (χ4n) is 4.56. The Balaban J connectivity index is 1.55. The molecule has 0 spiro atoms. The molecule has 0 radical (unpaired) electrons. The van der Waals surface area contributed by atoms with E-state index in [9.17, 15) is 4.79 Å². The summed E-state index contributed by atoms with van der Waals surface area (Å²) in [4.78, 5) is 21.0. The molecule has 4 heterocycles. The fraction of sp³-hybridized carbons (Fsp3) is 0.350. The summed E-state index contributed by atoms with van der Waals surface area (Å²) in [5, 5.41) is 8.06. The van der Waals surface area contributed by atoms with E-state index in [4.69, 9.17) is 4.74 Å². The van der Waals surface area contributed by atoms with E-state index < -0.39 is 5.54 Å². The molecule has 1 aromatic carbocycles. The molecule has 27 heavy (non-hydrogen) atoms. The van der Waals surface area contributed by atoms with Gasteiger partial charge >= 0.3 is 0 Å². The van der Waals surface area contributed by atoms with E-state index in [2.05, 4.69) is 32.2 Å². The summed E-state index contributed by atoms with van der Waals surface area (Å²) in [5.74, 6) is 0.0321. The molecule has 0 aliphatic carbocycles. The topological polar surface area (TPSA) is 74.3 Å². The minimum absolute atomic E-state index is 0.0321. The second-order valence-corrected chi connectivity index (χ2v) is 7.20. The van der Waals surface area contributed by atoms with Gasteiger partial charge in [0.2, 0.25) is 5.91 Å². The van der Waals surface area contributed by atoms with Crippen molar-refractivity contribution in [1.82, 2.24) is 20.1 Å². The molecule has 2 saturated heterocycles. The lowest BCUT2D eigenvalue weighted by Crippen LogP contribution is -2.67. The average Bonchev–Trinajstić information content (AvgIpc) is 3.20. The summed E-state index contributed by atoms with van der Waals surface area (Å²) < 4.78 is 6.10. The van der Waals surface area contributed by atoms with Gasteiger partial charge in [-0.25, -0.2) is 4.98 Å². The van der Waals surface area contributed by atoms with E-state index in [0.717, 1.165) is 35.2 Å². The van der Waals surface area contributed by atoms with Crippen molar-refractivity contribution in [3.63, 3.8) is 0 Å². The van der Waals surface area contributed by atoms with Gasteiger partial charge in [0.1, 0.15) is 12.7 Å². The molecule has 7 nitrogen and oxygen atoms in total. The number of likely N-dealkylation sites (N-methyl/N-ethyl adjacent to an activating group) is 1. The number of anilines is 1. The number of amides is 1. The summed E-state index contributed by atoms with van der Waals surface area (Å²) in [7, 11) is 1.90. The Morgan fingerprint density at radius 3 is 2.96 bits per heavy atom. The molecule has 2 aliphatic rings. The number of ether oxygens (including phenoxy) is 1. The van der Waals surface area contributed by atoms with Gasteiger partial charge in [-0.3, -0.25) is 9.89 Å². The number of carbonyl (C=O) groups excluding carboxylic acids is 1. The summed E-state index contributed by atoms with van der Waals surface area (Å²) >= 11 is 0. The molecule has 2 aromatic heterocycles. The number of fused-ring (bicyclic) bond motifs is 2. The number of carbonyl (C=O) groups is 1. The highest BCUT2D eigenvalue weighted by Crippen LogP contribution is 2.43. The van der Waals surface area contributed by atoms with E-state index in [1.54, 1.807) is 6.20 Å². The van der Waals surface area contributed by atoms with Crippen LogP contribution in [0.3, 0.4) is 0 Å². The quantitative estimate of drug-likeness (QED) is 0.753. The number of H-pyrrole nitrogens is 1. The van der Waals surface area contributed by atoms with Crippen LogP contribution in [0.4, 0.5) is 5.69 Å². The lowest BCUT2D eigenvalue weighted by atomic mass is 9.76. The Kier molecular flexibility index (Phi) is 3.65. The SMILES string of the molecule is CN1C(=O)CO[C@@H]2CN(c3ccnc4[nH]ncc34)CC[C@]21c1ccccc1. The van der Waals surface area contributed by atoms with E-state index in [1.165, 1.54) is 0 Å². The molecule has 1 N–H and O–H groups in total. The maximum absolute atomic E-state index is 12.5. The molecule has 7 heteroatoms. The summed E-state index contributed by atoms with van der Waals surface area (Å²) in [6.45, 7) is 1.65. The van der Waals surface area contributed by atoms with Gasteiger partial charge in [0.05, 0.1) is 22.8 Å². The van der Waals surface area contributed by atoms with Crippen molar-refractivity contribution in [3.8, 4) is 0 Å². The molecule has 0 saturated carbocycles. The van der Waals surface area contributed by atoms with Gasteiger partial charge in [-0.1, -0.05) is 30.3 Å². The molecule has 5 rings (SSSR count). The van der Waals surface area contributed by atoms with Gasteiger partial charge < -0.3 is 14.5 Å². The molecular weight excluding hydrogens is 342 g/mol. The van der Waals surface area contributed by atoms with Crippen LogP contribution in [0, 0.1) is 0 Å². The summed E-state index contributed by atoms with van der Waals surface area (Å²) in [6.07, 6.45) is 4.30. The molecule has 3 aromatic rings. The highest BCUT2D eigenvalue weighted by atomic mass is 16.5. The molecule has 0 bridgehead atoms. The maximum atomic E-state index is 12.5. The van der Waals surface area contributed by atoms with Crippen LogP contribution in [0.2, 0.25) is 0 Å². The standard InChI is InChI=1S/C20H21N5O2/c1-24-18(26)13-27-17-12-25(16-7-9-21-19-15(16)11-22-23-19)10-8-20(17,24)14-5-3-2-4-6-14/h2-7,9,11,17H,8,10,12-13H2,1H3,(H,21,22,23)/t17-,20+/m1/s1. The Labute approximate surface area is 156 Å². The van der Waals surface area contributed by atoms with Crippen LogP contribution in [-0.2, 0) is 15.1 Å². The van der Waals surface area contributed by atoms with E-state index >= 15 is 0 Å². The number of hydrogen-bond acceptors (Lipinski definition) is 5. The van der Waals surface area contributed by atoms with Gasteiger partial charge in [0.15, 0.2) is 5.65 Å². The molecule has 138 valence electrons. The molecule has 0 unspecified atom stereocenters. The highest BCUT2D eigenvalue weighted by Gasteiger charge is 2.52. The number of hydrogen-bond donors (Lipinski definition) is 1. The van der Waals surface area contributed by atoms with Crippen LogP contribution in [0.15, 0.2) is 48.8 Å². The lowest BCUT2D eigenvalue weighted by Gasteiger charge is -2.55. The van der Waals surface area contributed by atoms with Gasteiger partial charge in [0.25, 0.3) is 0 Å². The van der Waals surface area contributed by atoms with Crippen LogP contribution < -0.4 is 4.90 Å². The first kappa shape index (κ1) is 16.3. The predicted octanol–water partition coefficient (Wildman–Crippen LogP) is 1.92. The monoisotopic (exact) mass is 363 g/mol. The molecule has 2 aliphatic heterocycles. The third-order valence-electron chi connectivity index (χ3n) is 6.01. The van der Waals surface area contributed by atoms with Crippen molar-refractivity contribution in [3.05, 3.63) is 54.4 Å². The van der Waals surface area contributed by atoms with Crippen LogP contribution >= 0.6 is 0 Å². The van der Waals surface area contributed by atoms with Crippen molar-refractivity contribution in [2.75, 3.05) is 31.6 Å².